The number of alkyl halides is 1. The van der Waals surface area contributed by atoms with Gasteiger partial charge in [0.25, 0.3) is 11.8 Å². The highest BCUT2D eigenvalue weighted by atomic mass is 35.5. The van der Waals surface area contributed by atoms with Crippen molar-refractivity contribution in [3.8, 4) is 0 Å². The van der Waals surface area contributed by atoms with E-state index in [-0.39, 0.29) is 23.6 Å². The molecule has 0 bridgehead atoms. The largest absolute Gasteiger partial charge is 0.325 e. The van der Waals surface area contributed by atoms with Crippen molar-refractivity contribution in [3.05, 3.63) is 35.1 Å². The minimum absolute atomic E-state index is 0.0673. The highest BCUT2D eigenvalue weighted by Gasteiger charge is 2.28. The molecule has 2 amide bonds. The Morgan fingerprint density at radius 1 is 1.53 bits per heavy atom. The number of carbonyl (C=O) groups excluding carboxylic acids is 2. The standard InChI is InChI=1S/C14H15ClN2O2/c1-3-10-8(2)11-5-4-9(16-13(18)7-15)6-12(11)17-14(10)19/h4-6,11H,3,7H2,1-2H3,(H,17,19). The molecule has 1 unspecified atom stereocenters. The Kier molecular flexibility index (Phi) is 4.00. The fraction of sp³-hybridized carbons (Fsp3) is 0.357. The Hall–Kier alpha value is -1.68. The smallest absolute Gasteiger partial charge is 0.261 e. The van der Waals surface area contributed by atoms with Gasteiger partial charge in [0.2, 0.25) is 0 Å². The number of hydrogen-bond donors (Lipinski definition) is 1. The lowest BCUT2D eigenvalue weighted by Gasteiger charge is -2.29. The van der Waals surface area contributed by atoms with Crippen LogP contribution in [-0.2, 0) is 9.59 Å². The van der Waals surface area contributed by atoms with E-state index in [1.165, 1.54) is 0 Å². The van der Waals surface area contributed by atoms with Gasteiger partial charge in [0.15, 0.2) is 0 Å². The summed E-state index contributed by atoms with van der Waals surface area (Å²) in [5, 5.41) is 2.86. The van der Waals surface area contributed by atoms with Crippen LogP contribution in [0.1, 0.15) is 20.3 Å². The Morgan fingerprint density at radius 3 is 2.89 bits per heavy atom. The molecule has 0 radical (unpaired) electrons. The van der Waals surface area contributed by atoms with E-state index in [0.717, 1.165) is 16.8 Å². The van der Waals surface area contributed by atoms with E-state index in [4.69, 9.17) is 11.6 Å². The molecule has 0 saturated carbocycles. The van der Waals surface area contributed by atoms with Crippen LogP contribution in [0.5, 0.6) is 0 Å². The van der Waals surface area contributed by atoms with Crippen molar-refractivity contribution in [1.82, 2.24) is 5.32 Å². The number of aliphatic imine (C=N–C) groups is 1. The zero-order chi connectivity index (χ0) is 14.0. The van der Waals surface area contributed by atoms with E-state index < -0.39 is 0 Å². The molecule has 5 heteroatoms. The number of amides is 2. The molecule has 0 aromatic heterocycles. The summed E-state index contributed by atoms with van der Waals surface area (Å²) in [6, 6.07) is 0. The molecule has 0 spiro atoms. The first-order valence-electron chi connectivity index (χ1n) is 6.15. The monoisotopic (exact) mass is 278 g/mol. The van der Waals surface area contributed by atoms with Gasteiger partial charge in [-0.25, -0.2) is 4.99 Å². The minimum Gasteiger partial charge on any atom is -0.325 e. The molecule has 1 aliphatic heterocycles. The first kappa shape index (κ1) is 13.7. The van der Waals surface area contributed by atoms with Crippen LogP contribution in [0.15, 0.2) is 40.1 Å². The molecular weight excluding hydrogens is 264 g/mol. The molecule has 0 aromatic carbocycles. The van der Waals surface area contributed by atoms with Gasteiger partial charge in [0.1, 0.15) is 5.88 Å². The lowest BCUT2D eigenvalue weighted by atomic mass is 9.84. The van der Waals surface area contributed by atoms with Gasteiger partial charge in [0, 0.05) is 17.2 Å². The molecule has 1 heterocycles. The second-order valence-corrected chi connectivity index (χ2v) is 4.74. The Balaban J connectivity index is 2.35. The number of hydrogen-bond acceptors (Lipinski definition) is 2. The third kappa shape index (κ3) is 2.68. The van der Waals surface area contributed by atoms with E-state index in [2.05, 4.69) is 10.3 Å². The molecule has 1 atom stereocenters. The molecule has 0 aromatic rings. The number of carbonyl (C=O) groups is 2. The van der Waals surface area contributed by atoms with Gasteiger partial charge < -0.3 is 5.32 Å². The van der Waals surface area contributed by atoms with Crippen LogP contribution < -0.4 is 5.32 Å². The average Bonchev–Trinajstić information content (AvgIpc) is 2.38. The summed E-state index contributed by atoms with van der Waals surface area (Å²) >= 11 is 5.41. The van der Waals surface area contributed by atoms with Gasteiger partial charge in [-0.2, -0.15) is 0 Å². The highest BCUT2D eigenvalue weighted by molar-refractivity contribution is 6.28. The molecule has 1 aliphatic carbocycles. The van der Waals surface area contributed by atoms with E-state index in [1.54, 1.807) is 12.2 Å². The Bertz CT molecular complexity index is 556. The summed E-state index contributed by atoms with van der Waals surface area (Å²) in [4.78, 5) is 27.0. The van der Waals surface area contributed by atoms with Gasteiger partial charge >= 0.3 is 0 Å². The SMILES string of the molecule is CCC1=C(C)C2C=CC(=NC(=O)CCl)C=C2NC1=O. The quantitative estimate of drug-likeness (QED) is 0.787. The van der Waals surface area contributed by atoms with Gasteiger partial charge in [-0.05, 0) is 25.5 Å². The van der Waals surface area contributed by atoms with Crippen LogP contribution in [0.25, 0.3) is 0 Å². The summed E-state index contributed by atoms with van der Waals surface area (Å²) in [6.45, 7) is 3.93. The second kappa shape index (κ2) is 5.53. The normalized spacial score (nSPS) is 24.2. The van der Waals surface area contributed by atoms with Crippen molar-refractivity contribution < 1.29 is 9.59 Å². The summed E-state index contributed by atoms with van der Waals surface area (Å²) in [6.07, 6.45) is 6.16. The Morgan fingerprint density at radius 2 is 2.26 bits per heavy atom. The van der Waals surface area contributed by atoms with Gasteiger partial charge in [-0.15, -0.1) is 11.6 Å². The van der Waals surface area contributed by atoms with Crippen molar-refractivity contribution in [2.24, 2.45) is 10.9 Å². The molecule has 0 fully saturated rings. The van der Waals surface area contributed by atoms with Crippen LogP contribution in [0.3, 0.4) is 0 Å². The molecule has 1 N–H and O–H groups in total. The third-order valence-electron chi connectivity index (χ3n) is 3.29. The number of nitrogens with one attached hydrogen (secondary N) is 1. The van der Waals surface area contributed by atoms with Crippen LogP contribution in [0, 0.1) is 5.92 Å². The van der Waals surface area contributed by atoms with Crippen LogP contribution in [-0.4, -0.2) is 23.4 Å². The zero-order valence-corrected chi connectivity index (χ0v) is 11.6. The van der Waals surface area contributed by atoms with Crippen LogP contribution >= 0.6 is 11.6 Å². The Labute approximate surface area is 116 Å². The molecule has 4 nitrogen and oxygen atoms in total. The minimum atomic E-state index is -0.389. The van der Waals surface area contributed by atoms with E-state index in [1.807, 2.05) is 19.9 Å². The number of nitrogens with zero attached hydrogens (tertiary/aromatic N) is 1. The molecule has 0 saturated heterocycles. The van der Waals surface area contributed by atoms with Gasteiger partial charge in [-0.3, -0.25) is 9.59 Å². The van der Waals surface area contributed by atoms with Crippen LogP contribution in [0.2, 0.25) is 0 Å². The second-order valence-electron chi connectivity index (χ2n) is 4.47. The molecule has 100 valence electrons. The molecule has 19 heavy (non-hydrogen) atoms. The average molecular weight is 279 g/mol. The lowest BCUT2D eigenvalue weighted by molar-refractivity contribution is -0.117. The topological polar surface area (TPSA) is 58.5 Å². The predicted molar refractivity (Wildman–Crippen MR) is 75.0 cm³/mol. The first-order valence-corrected chi connectivity index (χ1v) is 6.68. The lowest BCUT2D eigenvalue weighted by Crippen LogP contribution is -2.36. The number of halogens is 1. The predicted octanol–water partition coefficient (Wildman–Crippen LogP) is 2.12. The number of rotatable bonds is 2. The fourth-order valence-electron chi connectivity index (χ4n) is 2.34. The molecular formula is C14H15ClN2O2. The third-order valence-corrected chi connectivity index (χ3v) is 3.52. The summed E-state index contributed by atoms with van der Waals surface area (Å²) in [5.74, 6) is -0.534. The molecule has 2 rings (SSSR count). The molecule has 2 aliphatic rings. The van der Waals surface area contributed by atoms with Crippen molar-refractivity contribution in [1.29, 1.82) is 0 Å². The summed E-state index contributed by atoms with van der Waals surface area (Å²) in [5.41, 5.74) is 3.16. The van der Waals surface area contributed by atoms with E-state index >= 15 is 0 Å². The highest BCUT2D eigenvalue weighted by Crippen LogP contribution is 2.31. The van der Waals surface area contributed by atoms with Gasteiger partial charge in [0.05, 0.1) is 5.71 Å². The van der Waals surface area contributed by atoms with Gasteiger partial charge in [-0.1, -0.05) is 18.6 Å². The maximum atomic E-state index is 11.9. The summed E-state index contributed by atoms with van der Waals surface area (Å²) < 4.78 is 0. The van der Waals surface area contributed by atoms with Crippen molar-refractivity contribution in [2.75, 3.05) is 5.88 Å². The van der Waals surface area contributed by atoms with Crippen molar-refractivity contribution in [3.63, 3.8) is 0 Å². The maximum Gasteiger partial charge on any atom is 0.261 e. The number of fused-ring (bicyclic) bond motifs is 1. The zero-order valence-electron chi connectivity index (χ0n) is 10.9. The van der Waals surface area contributed by atoms with E-state index in [0.29, 0.717) is 12.1 Å². The number of allylic oxidation sites excluding steroid dienone is 3. The van der Waals surface area contributed by atoms with E-state index in [9.17, 15) is 9.59 Å². The summed E-state index contributed by atoms with van der Waals surface area (Å²) in [7, 11) is 0. The van der Waals surface area contributed by atoms with Crippen molar-refractivity contribution >= 4 is 29.1 Å². The van der Waals surface area contributed by atoms with Crippen LogP contribution in [0.4, 0.5) is 0 Å². The fourth-order valence-corrected chi connectivity index (χ4v) is 2.40. The van der Waals surface area contributed by atoms with Crippen molar-refractivity contribution in [2.45, 2.75) is 20.3 Å². The maximum absolute atomic E-state index is 11.9. The first-order chi connectivity index (χ1) is 9.06.